The first-order valence-corrected chi connectivity index (χ1v) is 9.26. The van der Waals surface area contributed by atoms with Gasteiger partial charge in [0.25, 0.3) is 5.69 Å². The van der Waals surface area contributed by atoms with Gasteiger partial charge in [-0.2, -0.15) is 0 Å². The van der Waals surface area contributed by atoms with Crippen LogP contribution in [-0.2, 0) is 0 Å². The molecule has 150 valence electrons. The minimum atomic E-state index is -0.470. The predicted octanol–water partition coefficient (Wildman–Crippen LogP) is 5.36. The third-order valence-corrected chi connectivity index (χ3v) is 4.59. The van der Waals surface area contributed by atoms with Gasteiger partial charge < -0.3 is 17.2 Å². The highest BCUT2D eigenvalue weighted by atomic mass is 16.6. The number of benzene rings is 4. The molecule has 0 aromatic heterocycles. The second-order valence-corrected chi connectivity index (χ2v) is 6.54. The second-order valence-electron chi connectivity index (χ2n) is 6.54. The van der Waals surface area contributed by atoms with Gasteiger partial charge in [0.15, 0.2) is 0 Å². The second kappa shape index (κ2) is 9.25. The fourth-order valence-electron chi connectivity index (χ4n) is 3.03. The molecule has 0 unspecified atom stereocenters. The molecule has 6 nitrogen and oxygen atoms in total. The van der Waals surface area contributed by atoms with Gasteiger partial charge in [0.05, 0.1) is 16.3 Å². The fraction of sp³-hybridized carbons (Fsp3) is 0. The number of anilines is 3. The molecule has 4 aromatic rings. The highest BCUT2D eigenvalue weighted by molar-refractivity contribution is 5.84. The van der Waals surface area contributed by atoms with E-state index in [0.29, 0.717) is 16.9 Å². The Morgan fingerprint density at radius 1 is 0.567 bits per heavy atom. The van der Waals surface area contributed by atoms with Crippen molar-refractivity contribution in [2.75, 3.05) is 17.2 Å². The number of nitrogen functional groups attached to an aromatic ring is 3. The summed E-state index contributed by atoms with van der Waals surface area (Å²) in [6.07, 6.45) is 0. The quantitative estimate of drug-likeness (QED) is 0.244. The van der Waals surface area contributed by atoms with E-state index in [1.54, 1.807) is 12.1 Å². The van der Waals surface area contributed by atoms with Gasteiger partial charge in [0.1, 0.15) is 5.69 Å². The van der Waals surface area contributed by atoms with Crippen molar-refractivity contribution in [2.24, 2.45) is 0 Å². The molecule has 0 bridgehead atoms. The number of nitrogens with two attached hydrogens (primary N) is 3. The first-order valence-electron chi connectivity index (χ1n) is 9.26. The molecule has 0 spiro atoms. The van der Waals surface area contributed by atoms with Crippen molar-refractivity contribution in [2.45, 2.75) is 0 Å². The SMILES string of the molecule is Nc1c(-c2ccccc2)cccc1[N+](=O)[O-].Nc1cccc(-c2ccccc2)c1N. The van der Waals surface area contributed by atoms with Gasteiger partial charge in [0, 0.05) is 17.2 Å². The number of nitro benzene ring substituents is 1. The van der Waals surface area contributed by atoms with Crippen LogP contribution >= 0.6 is 0 Å². The van der Waals surface area contributed by atoms with Crippen LogP contribution in [0, 0.1) is 10.1 Å². The summed E-state index contributed by atoms with van der Waals surface area (Å²) in [4.78, 5) is 10.3. The summed E-state index contributed by atoms with van der Waals surface area (Å²) in [7, 11) is 0. The van der Waals surface area contributed by atoms with Crippen molar-refractivity contribution in [3.8, 4) is 22.3 Å². The molecule has 0 saturated carbocycles. The van der Waals surface area contributed by atoms with Crippen molar-refractivity contribution in [3.63, 3.8) is 0 Å². The number of para-hydroxylation sites is 2. The van der Waals surface area contributed by atoms with Crippen LogP contribution in [-0.4, -0.2) is 4.92 Å². The predicted molar refractivity (Wildman–Crippen MR) is 124 cm³/mol. The molecule has 6 N–H and O–H groups in total. The van der Waals surface area contributed by atoms with Crippen molar-refractivity contribution >= 4 is 22.7 Å². The zero-order valence-electron chi connectivity index (χ0n) is 16.2. The van der Waals surface area contributed by atoms with Gasteiger partial charge in [-0.05, 0) is 17.2 Å². The highest BCUT2D eigenvalue weighted by Gasteiger charge is 2.14. The summed E-state index contributed by atoms with van der Waals surface area (Å²) >= 11 is 0. The van der Waals surface area contributed by atoms with E-state index < -0.39 is 4.92 Å². The number of hydrogen-bond acceptors (Lipinski definition) is 5. The molecule has 0 fully saturated rings. The van der Waals surface area contributed by atoms with Gasteiger partial charge in [-0.15, -0.1) is 0 Å². The normalized spacial score (nSPS) is 10.0. The molecule has 0 amide bonds. The Morgan fingerprint density at radius 3 is 1.53 bits per heavy atom. The average Bonchev–Trinajstić information content (AvgIpc) is 2.77. The molecule has 6 heteroatoms. The van der Waals surface area contributed by atoms with E-state index in [2.05, 4.69) is 0 Å². The van der Waals surface area contributed by atoms with Crippen LogP contribution in [0.4, 0.5) is 22.7 Å². The summed E-state index contributed by atoms with van der Waals surface area (Å²) in [6.45, 7) is 0. The molecule has 0 aliphatic rings. The van der Waals surface area contributed by atoms with Crippen LogP contribution in [0.1, 0.15) is 0 Å². The van der Waals surface area contributed by atoms with Crippen molar-refractivity contribution in [1.29, 1.82) is 0 Å². The largest absolute Gasteiger partial charge is 0.397 e. The standard InChI is InChI=1S/C12H10N2O2.C12H12N2/c13-12-10(9-5-2-1-3-6-9)7-4-8-11(12)14(15)16;13-11-8-4-7-10(12(11)14)9-5-2-1-3-6-9/h1-8H,13H2;1-8H,13-14H2. The summed E-state index contributed by atoms with van der Waals surface area (Å²) in [5.41, 5.74) is 22.5. The van der Waals surface area contributed by atoms with Crippen LogP contribution in [0.2, 0.25) is 0 Å². The Kier molecular flexibility index (Phi) is 6.29. The molecule has 0 saturated heterocycles. The zero-order valence-corrected chi connectivity index (χ0v) is 16.2. The van der Waals surface area contributed by atoms with Gasteiger partial charge in [0.2, 0.25) is 0 Å². The Balaban J connectivity index is 0.000000172. The Hall–Kier alpha value is -4.32. The maximum atomic E-state index is 10.7. The van der Waals surface area contributed by atoms with Crippen molar-refractivity contribution in [1.82, 2.24) is 0 Å². The highest BCUT2D eigenvalue weighted by Crippen LogP contribution is 2.32. The monoisotopic (exact) mass is 398 g/mol. The molecule has 0 heterocycles. The van der Waals surface area contributed by atoms with Gasteiger partial charge in [-0.25, -0.2) is 0 Å². The van der Waals surface area contributed by atoms with E-state index in [0.717, 1.165) is 16.7 Å². The number of nitrogens with zero attached hydrogens (tertiary/aromatic N) is 1. The molecule has 4 aromatic carbocycles. The smallest absolute Gasteiger partial charge is 0.292 e. The first-order chi connectivity index (χ1) is 14.5. The van der Waals surface area contributed by atoms with E-state index in [1.165, 1.54) is 6.07 Å². The summed E-state index contributed by atoms with van der Waals surface area (Å²) in [5, 5.41) is 10.7. The molecule has 30 heavy (non-hydrogen) atoms. The molecular formula is C24H22N4O2. The minimum absolute atomic E-state index is 0.0543. The Morgan fingerprint density at radius 2 is 1.03 bits per heavy atom. The Bertz CT molecular complexity index is 1150. The maximum Gasteiger partial charge on any atom is 0.292 e. The summed E-state index contributed by atoms with van der Waals surface area (Å²) in [5.74, 6) is 0. The lowest BCUT2D eigenvalue weighted by Gasteiger charge is -2.07. The van der Waals surface area contributed by atoms with Crippen LogP contribution < -0.4 is 17.2 Å². The lowest BCUT2D eigenvalue weighted by molar-refractivity contribution is -0.383. The maximum absolute atomic E-state index is 10.7. The number of nitro groups is 1. The Labute approximate surface area is 174 Å². The van der Waals surface area contributed by atoms with Crippen LogP contribution in [0.3, 0.4) is 0 Å². The van der Waals surface area contributed by atoms with Crippen LogP contribution in [0.25, 0.3) is 22.3 Å². The van der Waals surface area contributed by atoms with Gasteiger partial charge in [-0.3, -0.25) is 10.1 Å². The molecule has 0 aliphatic carbocycles. The summed E-state index contributed by atoms with van der Waals surface area (Å²) in [6, 6.07) is 29.9. The van der Waals surface area contributed by atoms with Crippen LogP contribution in [0.15, 0.2) is 97.1 Å². The minimum Gasteiger partial charge on any atom is -0.397 e. The van der Waals surface area contributed by atoms with Crippen molar-refractivity contribution in [3.05, 3.63) is 107 Å². The number of hydrogen-bond donors (Lipinski definition) is 3. The van der Waals surface area contributed by atoms with E-state index >= 15 is 0 Å². The van der Waals surface area contributed by atoms with E-state index in [9.17, 15) is 10.1 Å². The van der Waals surface area contributed by atoms with Crippen LogP contribution in [0.5, 0.6) is 0 Å². The van der Waals surface area contributed by atoms with E-state index in [4.69, 9.17) is 17.2 Å². The topological polar surface area (TPSA) is 121 Å². The fourth-order valence-corrected chi connectivity index (χ4v) is 3.03. The molecule has 0 aliphatic heterocycles. The van der Waals surface area contributed by atoms with Crippen molar-refractivity contribution < 1.29 is 4.92 Å². The van der Waals surface area contributed by atoms with E-state index in [-0.39, 0.29) is 11.4 Å². The molecule has 0 radical (unpaired) electrons. The van der Waals surface area contributed by atoms with Gasteiger partial charge in [-0.1, -0.05) is 84.9 Å². The molecule has 4 rings (SSSR count). The zero-order chi connectivity index (χ0) is 21.5. The molecule has 0 atom stereocenters. The third kappa shape index (κ3) is 4.56. The third-order valence-electron chi connectivity index (χ3n) is 4.59. The first kappa shape index (κ1) is 20.4. The lowest BCUT2D eigenvalue weighted by atomic mass is 10.0. The molecular weight excluding hydrogens is 376 g/mol. The van der Waals surface area contributed by atoms with E-state index in [1.807, 2.05) is 78.9 Å². The van der Waals surface area contributed by atoms with Gasteiger partial charge >= 0.3 is 0 Å². The average molecular weight is 398 g/mol. The summed E-state index contributed by atoms with van der Waals surface area (Å²) < 4.78 is 0. The number of rotatable bonds is 3. The lowest BCUT2D eigenvalue weighted by Crippen LogP contribution is -1.97.